The normalized spacial score (nSPS) is 13.5. The number of aliphatic carboxylic acids is 1. The summed E-state index contributed by atoms with van der Waals surface area (Å²) < 4.78 is 0. The maximum absolute atomic E-state index is 11.2. The number of amides is 1. The summed E-state index contributed by atoms with van der Waals surface area (Å²) in [5.41, 5.74) is 5.22. The van der Waals surface area contributed by atoms with E-state index in [1.165, 1.54) is 0 Å². The largest absolute Gasteiger partial charge is 0.480 e. The van der Waals surface area contributed by atoms with Gasteiger partial charge in [-0.1, -0.05) is 20.8 Å². The van der Waals surface area contributed by atoms with Gasteiger partial charge >= 0.3 is 5.97 Å². The molecule has 0 aliphatic carbocycles. The molecule has 13 heavy (non-hydrogen) atoms. The summed E-state index contributed by atoms with van der Waals surface area (Å²) in [7, 11) is 0. The molecule has 0 spiro atoms. The summed E-state index contributed by atoms with van der Waals surface area (Å²) in [6.07, 6.45) is 0. The molecule has 5 nitrogen and oxygen atoms in total. The fourth-order valence-electron chi connectivity index (χ4n) is 0.666. The van der Waals surface area contributed by atoms with Crippen molar-refractivity contribution in [2.24, 2.45) is 11.1 Å². The van der Waals surface area contributed by atoms with Crippen molar-refractivity contribution in [1.29, 1.82) is 0 Å². The lowest BCUT2D eigenvalue weighted by Crippen LogP contribution is -2.49. The minimum atomic E-state index is -1.07. The molecule has 0 aromatic heterocycles. The zero-order valence-corrected chi connectivity index (χ0v) is 8.13. The van der Waals surface area contributed by atoms with Crippen LogP contribution in [0.2, 0.25) is 0 Å². The van der Waals surface area contributed by atoms with E-state index in [1.54, 1.807) is 0 Å². The Balaban J connectivity index is 4.05. The lowest BCUT2D eigenvalue weighted by Gasteiger charge is -2.25. The Morgan fingerprint density at radius 3 is 2.23 bits per heavy atom. The number of nitrogens with two attached hydrogens (primary N) is 1. The van der Waals surface area contributed by atoms with E-state index in [9.17, 15) is 9.59 Å². The Kier molecular flexibility index (Phi) is 3.87. The van der Waals surface area contributed by atoms with E-state index < -0.39 is 17.9 Å². The molecule has 1 atom stereocenters. The van der Waals surface area contributed by atoms with Gasteiger partial charge in [-0.2, -0.15) is 0 Å². The van der Waals surface area contributed by atoms with Gasteiger partial charge in [0.15, 0.2) is 0 Å². The van der Waals surface area contributed by atoms with Gasteiger partial charge in [-0.25, -0.2) is 0 Å². The van der Waals surface area contributed by atoms with Gasteiger partial charge in [0.2, 0.25) is 5.91 Å². The van der Waals surface area contributed by atoms with Crippen molar-refractivity contribution in [1.82, 2.24) is 5.32 Å². The molecular formula is C8H16N2O3. The zero-order chi connectivity index (χ0) is 10.6. The molecule has 0 fully saturated rings. The van der Waals surface area contributed by atoms with E-state index in [0.717, 1.165) is 0 Å². The highest BCUT2D eigenvalue weighted by atomic mass is 16.4. The van der Waals surface area contributed by atoms with Crippen LogP contribution in [-0.4, -0.2) is 29.6 Å². The van der Waals surface area contributed by atoms with Crippen molar-refractivity contribution in [3.63, 3.8) is 0 Å². The number of nitrogens with one attached hydrogen (secondary N) is 1. The van der Waals surface area contributed by atoms with E-state index in [4.69, 9.17) is 10.8 Å². The van der Waals surface area contributed by atoms with Gasteiger partial charge in [0.25, 0.3) is 0 Å². The van der Waals surface area contributed by atoms with Crippen LogP contribution in [0.25, 0.3) is 0 Å². The number of rotatable bonds is 3. The van der Waals surface area contributed by atoms with E-state index in [2.05, 4.69) is 5.32 Å². The van der Waals surface area contributed by atoms with Crippen LogP contribution in [0.1, 0.15) is 20.8 Å². The van der Waals surface area contributed by atoms with Crippen LogP contribution in [0.15, 0.2) is 0 Å². The number of carboxylic acids is 1. The third kappa shape index (κ3) is 4.47. The molecule has 0 saturated carbocycles. The number of hydrogen-bond donors (Lipinski definition) is 3. The molecular weight excluding hydrogens is 172 g/mol. The first-order valence-electron chi connectivity index (χ1n) is 4.00. The van der Waals surface area contributed by atoms with E-state index >= 15 is 0 Å². The smallest absolute Gasteiger partial charge is 0.322 e. The third-order valence-electron chi connectivity index (χ3n) is 1.63. The second-order valence-corrected chi connectivity index (χ2v) is 3.96. The summed E-state index contributed by atoms with van der Waals surface area (Å²) in [4.78, 5) is 21.3. The van der Waals surface area contributed by atoms with Crippen LogP contribution >= 0.6 is 0 Å². The highest BCUT2D eigenvalue weighted by molar-refractivity contribution is 5.85. The molecule has 1 amide bonds. The van der Waals surface area contributed by atoms with E-state index in [-0.39, 0.29) is 12.0 Å². The summed E-state index contributed by atoms with van der Waals surface area (Å²) in [6.45, 7) is 5.07. The maximum Gasteiger partial charge on any atom is 0.322 e. The molecule has 0 rings (SSSR count). The Labute approximate surface area is 77.3 Å². The van der Waals surface area contributed by atoms with Crippen molar-refractivity contribution in [3.05, 3.63) is 0 Å². The zero-order valence-electron chi connectivity index (χ0n) is 8.13. The van der Waals surface area contributed by atoms with Crippen LogP contribution in [0, 0.1) is 5.41 Å². The van der Waals surface area contributed by atoms with Crippen molar-refractivity contribution >= 4 is 11.9 Å². The first-order valence-corrected chi connectivity index (χ1v) is 4.00. The van der Waals surface area contributed by atoms with Gasteiger partial charge in [0.1, 0.15) is 6.54 Å². The predicted octanol–water partition coefficient (Wildman–Crippen LogP) is -0.439. The van der Waals surface area contributed by atoms with E-state index in [1.807, 2.05) is 20.8 Å². The SMILES string of the molecule is CC(C)(C)C(N)C(=O)NCC(=O)O. The number of hydrogen-bond acceptors (Lipinski definition) is 3. The molecule has 4 N–H and O–H groups in total. The molecule has 0 bridgehead atoms. The maximum atomic E-state index is 11.2. The topological polar surface area (TPSA) is 92.4 Å². The van der Waals surface area contributed by atoms with Crippen LogP contribution < -0.4 is 11.1 Å². The lowest BCUT2D eigenvalue weighted by molar-refractivity contribution is -0.138. The molecule has 1 unspecified atom stereocenters. The van der Waals surface area contributed by atoms with Gasteiger partial charge in [-0.3, -0.25) is 9.59 Å². The van der Waals surface area contributed by atoms with Crippen molar-refractivity contribution in [2.75, 3.05) is 6.54 Å². The van der Waals surface area contributed by atoms with Crippen LogP contribution in [-0.2, 0) is 9.59 Å². The van der Waals surface area contributed by atoms with Gasteiger partial charge in [-0.15, -0.1) is 0 Å². The molecule has 0 aromatic rings. The average Bonchev–Trinajstić information content (AvgIpc) is 1.96. The second-order valence-electron chi connectivity index (χ2n) is 3.96. The number of carbonyl (C=O) groups excluding carboxylic acids is 1. The van der Waals surface area contributed by atoms with Gasteiger partial charge in [0.05, 0.1) is 6.04 Å². The molecule has 0 aliphatic rings. The standard InChI is InChI=1S/C8H16N2O3/c1-8(2,3)6(9)7(13)10-4-5(11)12/h6H,4,9H2,1-3H3,(H,10,13)(H,11,12). The second kappa shape index (κ2) is 4.23. The minimum absolute atomic E-state index is 0.359. The molecule has 76 valence electrons. The summed E-state index contributed by atoms with van der Waals surface area (Å²) in [5.74, 6) is -1.51. The minimum Gasteiger partial charge on any atom is -0.480 e. The number of carboxylic acid groups (broad SMARTS) is 1. The van der Waals surface area contributed by atoms with Gasteiger partial charge in [-0.05, 0) is 5.41 Å². The van der Waals surface area contributed by atoms with Crippen LogP contribution in [0.5, 0.6) is 0 Å². The molecule has 0 aromatic carbocycles. The van der Waals surface area contributed by atoms with Crippen molar-refractivity contribution in [2.45, 2.75) is 26.8 Å². The third-order valence-corrected chi connectivity index (χ3v) is 1.63. The highest BCUT2D eigenvalue weighted by Gasteiger charge is 2.27. The van der Waals surface area contributed by atoms with Crippen molar-refractivity contribution < 1.29 is 14.7 Å². The monoisotopic (exact) mass is 188 g/mol. The Bertz CT molecular complexity index is 208. The molecule has 5 heteroatoms. The Morgan fingerprint density at radius 1 is 1.46 bits per heavy atom. The quantitative estimate of drug-likeness (QED) is 0.560. The average molecular weight is 188 g/mol. The first kappa shape index (κ1) is 11.9. The van der Waals surface area contributed by atoms with Gasteiger partial charge in [0, 0.05) is 0 Å². The number of carbonyl (C=O) groups is 2. The highest BCUT2D eigenvalue weighted by Crippen LogP contribution is 2.16. The Hall–Kier alpha value is -1.10. The van der Waals surface area contributed by atoms with Gasteiger partial charge < -0.3 is 16.2 Å². The lowest BCUT2D eigenvalue weighted by atomic mass is 9.87. The molecule has 0 radical (unpaired) electrons. The molecule has 0 aliphatic heterocycles. The van der Waals surface area contributed by atoms with Crippen LogP contribution in [0.3, 0.4) is 0 Å². The van der Waals surface area contributed by atoms with Crippen molar-refractivity contribution in [3.8, 4) is 0 Å². The predicted molar refractivity (Wildman–Crippen MR) is 48.1 cm³/mol. The summed E-state index contributed by atoms with van der Waals surface area (Å²) in [5, 5.41) is 10.5. The fraction of sp³-hybridized carbons (Fsp3) is 0.750. The molecule has 0 saturated heterocycles. The first-order chi connectivity index (χ1) is 5.75. The van der Waals surface area contributed by atoms with E-state index in [0.29, 0.717) is 0 Å². The fourth-order valence-corrected chi connectivity index (χ4v) is 0.666. The molecule has 0 heterocycles. The Morgan fingerprint density at radius 2 is 1.92 bits per heavy atom. The van der Waals surface area contributed by atoms with Crippen LogP contribution in [0.4, 0.5) is 0 Å². The summed E-state index contributed by atoms with van der Waals surface area (Å²) >= 11 is 0. The summed E-state index contributed by atoms with van der Waals surface area (Å²) in [6, 6.07) is -0.688.